The van der Waals surface area contributed by atoms with Gasteiger partial charge in [-0.15, -0.1) is 0 Å². The maximum atomic E-state index is 14.4. The number of H-pyrrole nitrogens is 1. The lowest BCUT2D eigenvalue weighted by molar-refractivity contribution is 0.396. The number of imidazole rings is 1. The minimum Gasteiger partial charge on any atom is -0.467 e. The minimum atomic E-state index is -4.29. The van der Waals surface area contributed by atoms with Crippen LogP contribution in [0.3, 0.4) is 0 Å². The Morgan fingerprint density at radius 2 is 2.00 bits per heavy atom. The highest BCUT2D eigenvalue weighted by Gasteiger charge is 2.33. The Morgan fingerprint density at radius 3 is 2.61 bits per heavy atom. The van der Waals surface area contributed by atoms with Crippen LogP contribution >= 0.6 is 0 Å². The number of nitrogens with two attached hydrogens (primary N) is 1. The van der Waals surface area contributed by atoms with Gasteiger partial charge in [-0.25, -0.2) is 27.1 Å². The van der Waals surface area contributed by atoms with Crippen molar-refractivity contribution in [3.63, 3.8) is 0 Å². The summed E-state index contributed by atoms with van der Waals surface area (Å²) in [6, 6.07) is 1.25. The van der Waals surface area contributed by atoms with Gasteiger partial charge in [-0.05, 0) is 12.1 Å². The van der Waals surface area contributed by atoms with Gasteiger partial charge in [-0.1, -0.05) is 0 Å². The Labute approximate surface area is 156 Å². The molecule has 0 saturated heterocycles. The van der Waals surface area contributed by atoms with Gasteiger partial charge in [-0.2, -0.15) is 9.98 Å². The van der Waals surface area contributed by atoms with Crippen molar-refractivity contribution in [3.8, 4) is 0 Å². The standard InChI is InChI=1S/C15H12F2N6O4S/c1-27-14-21-11-12-10(4-19-13(11)22-14)20-15(24)23(12)5-7-8(16)2-6(3-9(7)17)28(18,25)26/h2-4,13H,5H2,1H3,(H,20,24)(H2,18,25,26). The van der Waals surface area contributed by atoms with Crippen LogP contribution in [0.4, 0.5) is 8.78 Å². The number of methoxy groups -OCH3 is 1. The fourth-order valence-electron chi connectivity index (χ4n) is 2.94. The Kier molecular flexibility index (Phi) is 4.01. The Morgan fingerprint density at radius 1 is 1.32 bits per heavy atom. The Bertz CT molecular complexity index is 1230. The molecule has 28 heavy (non-hydrogen) atoms. The molecule has 0 aliphatic carbocycles. The number of nitrogens with one attached hydrogen (secondary N) is 1. The van der Waals surface area contributed by atoms with Gasteiger partial charge < -0.3 is 9.72 Å². The number of sulfonamides is 1. The number of hydrogen-bond donors (Lipinski definition) is 2. The van der Waals surface area contributed by atoms with Gasteiger partial charge in [0.05, 0.1) is 36.2 Å². The topological polar surface area (TPSA) is 144 Å². The number of aromatic amines is 1. The van der Waals surface area contributed by atoms with Crippen LogP contribution in [-0.4, -0.2) is 49.2 Å². The van der Waals surface area contributed by atoms with E-state index in [-0.39, 0.29) is 17.4 Å². The van der Waals surface area contributed by atoms with Crippen molar-refractivity contribution in [2.24, 2.45) is 20.1 Å². The van der Waals surface area contributed by atoms with E-state index in [0.29, 0.717) is 17.8 Å². The minimum absolute atomic E-state index is 0.0556. The van der Waals surface area contributed by atoms with Crippen molar-refractivity contribution in [3.05, 3.63) is 51.2 Å². The van der Waals surface area contributed by atoms with Crippen LogP contribution in [0.25, 0.3) is 0 Å². The molecule has 0 spiro atoms. The molecule has 3 N–H and O–H groups in total. The summed E-state index contributed by atoms with van der Waals surface area (Å²) in [5.74, 6) is -2.32. The van der Waals surface area contributed by atoms with E-state index in [9.17, 15) is 22.0 Å². The van der Waals surface area contributed by atoms with Crippen LogP contribution < -0.4 is 10.8 Å². The summed E-state index contributed by atoms with van der Waals surface area (Å²) in [5.41, 5.74) is -0.318. The number of rotatable bonds is 3. The average Bonchev–Trinajstić information content (AvgIpc) is 3.17. The molecular formula is C15H12F2N6O4S. The van der Waals surface area contributed by atoms with Crippen molar-refractivity contribution in [2.45, 2.75) is 17.6 Å². The lowest BCUT2D eigenvalue weighted by atomic mass is 10.1. The fourth-order valence-corrected chi connectivity index (χ4v) is 3.48. The highest BCUT2D eigenvalue weighted by Crippen LogP contribution is 2.23. The molecule has 0 radical (unpaired) electrons. The second-order valence-corrected chi connectivity index (χ2v) is 7.52. The monoisotopic (exact) mass is 410 g/mol. The summed E-state index contributed by atoms with van der Waals surface area (Å²) in [6.45, 7) is -0.519. The zero-order chi connectivity index (χ0) is 20.2. The number of benzene rings is 1. The van der Waals surface area contributed by atoms with Gasteiger partial charge in [-0.3, -0.25) is 9.56 Å². The van der Waals surface area contributed by atoms with Gasteiger partial charge >= 0.3 is 11.7 Å². The maximum Gasteiger partial charge on any atom is 0.326 e. The van der Waals surface area contributed by atoms with Crippen molar-refractivity contribution in [2.75, 3.05) is 7.11 Å². The quantitative estimate of drug-likeness (QED) is 0.717. The molecular weight excluding hydrogens is 398 g/mol. The second-order valence-electron chi connectivity index (χ2n) is 5.95. The van der Waals surface area contributed by atoms with Crippen molar-refractivity contribution >= 4 is 28.0 Å². The first-order chi connectivity index (χ1) is 13.2. The molecule has 1 aromatic heterocycles. The lowest BCUT2D eigenvalue weighted by Gasteiger charge is -2.15. The third-order valence-electron chi connectivity index (χ3n) is 4.23. The predicted octanol–water partition coefficient (Wildman–Crippen LogP) is -0.286. The van der Waals surface area contributed by atoms with Crippen LogP contribution in [0.5, 0.6) is 0 Å². The lowest BCUT2D eigenvalue weighted by Crippen LogP contribution is -2.28. The number of primary sulfonamides is 1. The first-order valence-corrected chi connectivity index (χ1v) is 9.31. The zero-order valence-corrected chi connectivity index (χ0v) is 15.0. The van der Waals surface area contributed by atoms with E-state index in [2.05, 4.69) is 20.0 Å². The second kappa shape index (κ2) is 6.17. The molecule has 146 valence electrons. The first-order valence-electron chi connectivity index (χ1n) is 7.76. The van der Waals surface area contributed by atoms with Crippen LogP contribution in [0.2, 0.25) is 0 Å². The van der Waals surface area contributed by atoms with Crippen LogP contribution in [0.1, 0.15) is 17.0 Å². The number of amidine groups is 1. The van der Waals surface area contributed by atoms with E-state index in [1.165, 1.54) is 13.3 Å². The van der Waals surface area contributed by atoms with Crippen LogP contribution in [0, 0.1) is 11.6 Å². The molecule has 0 saturated carbocycles. The first kappa shape index (κ1) is 18.2. The highest BCUT2D eigenvalue weighted by molar-refractivity contribution is 7.89. The largest absolute Gasteiger partial charge is 0.467 e. The van der Waals surface area contributed by atoms with E-state index in [1.807, 2.05) is 0 Å². The van der Waals surface area contributed by atoms with Gasteiger partial charge in [0, 0.05) is 5.56 Å². The van der Waals surface area contributed by atoms with E-state index in [0.717, 1.165) is 4.57 Å². The molecule has 0 amide bonds. The predicted molar refractivity (Wildman–Crippen MR) is 94.2 cm³/mol. The number of nitrogens with zero attached hydrogens (tertiary/aromatic N) is 4. The molecule has 2 aliphatic heterocycles. The summed E-state index contributed by atoms with van der Waals surface area (Å²) in [7, 11) is -2.92. The normalized spacial score (nSPS) is 17.8. The molecule has 13 heteroatoms. The van der Waals surface area contributed by atoms with Gasteiger partial charge in [0.1, 0.15) is 17.3 Å². The molecule has 0 bridgehead atoms. The van der Waals surface area contributed by atoms with E-state index >= 15 is 0 Å². The summed E-state index contributed by atoms with van der Waals surface area (Å²) in [6.07, 6.45) is 0.638. The molecule has 3 heterocycles. The Hall–Kier alpha value is -3.19. The Balaban J connectivity index is 1.81. The van der Waals surface area contributed by atoms with E-state index in [4.69, 9.17) is 9.88 Å². The van der Waals surface area contributed by atoms with E-state index in [1.54, 1.807) is 0 Å². The number of aliphatic imine (C=N–C) groups is 3. The molecule has 10 nitrogen and oxygen atoms in total. The van der Waals surface area contributed by atoms with Crippen LogP contribution in [-0.2, 0) is 21.3 Å². The van der Waals surface area contributed by atoms with Gasteiger partial charge in [0.15, 0.2) is 6.17 Å². The van der Waals surface area contributed by atoms with Gasteiger partial charge in [0.25, 0.3) is 0 Å². The summed E-state index contributed by atoms with van der Waals surface area (Å²) < 4.78 is 57.5. The highest BCUT2D eigenvalue weighted by atomic mass is 32.2. The molecule has 4 rings (SSSR count). The smallest absolute Gasteiger partial charge is 0.326 e. The third kappa shape index (κ3) is 2.84. The van der Waals surface area contributed by atoms with Crippen molar-refractivity contribution in [1.82, 2.24) is 9.55 Å². The summed E-state index contributed by atoms with van der Waals surface area (Å²) >= 11 is 0. The SMILES string of the molecule is COC1=NC2N=Cc3[nH]c(=O)n(Cc4c(F)cc(S(N)(=O)=O)cc4F)c3C2=N1. The molecule has 1 unspecified atom stereocenters. The van der Waals surface area contributed by atoms with Crippen molar-refractivity contribution < 1.29 is 21.9 Å². The average molecular weight is 410 g/mol. The number of hydrogen-bond acceptors (Lipinski definition) is 7. The zero-order valence-electron chi connectivity index (χ0n) is 14.2. The number of ether oxygens (including phenoxy) is 1. The number of aromatic nitrogens is 2. The van der Waals surface area contributed by atoms with E-state index < -0.39 is 50.5 Å². The summed E-state index contributed by atoms with van der Waals surface area (Å²) in [4.78, 5) is 26.6. The molecule has 2 aliphatic rings. The summed E-state index contributed by atoms with van der Waals surface area (Å²) in [5, 5.41) is 4.90. The third-order valence-corrected chi connectivity index (χ3v) is 5.13. The van der Waals surface area contributed by atoms with Crippen molar-refractivity contribution in [1.29, 1.82) is 0 Å². The number of halogens is 2. The number of fused-ring (bicyclic) bond motifs is 3. The molecule has 2 aromatic rings. The van der Waals surface area contributed by atoms with Crippen LogP contribution in [0.15, 0.2) is 36.8 Å². The fraction of sp³-hybridized carbons (Fsp3) is 0.200. The maximum absolute atomic E-state index is 14.4. The molecule has 1 atom stereocenters. The molecule has 1 aromatic carbocycles. The molecule has 0 fully saturated rings. The van der Waals surface area contributed by atoms with Gasteiger partial charge in [0.2, 0.25) is 10.0 Å².